The minimum Gasteiger partial charge on any atom is -0.394 e. The first kappa shape index (κ1) is 13.8. The second-order valence-electron chi connectivity index (χ2n) is 4.84. The molecule has 3 unspecified atom stereocenters. The number of nitrogens with zero attached hydrogens (tertiary/aromatic N) is 3. The van der Waals surface area contributed by atoms with Gasteiger partial charge < -0.3 is 30.4 Å². The maximum Gasteiger partial charge on any atom is 0.199 e. The molecule has 2 aromatic rings. The van der Waals surface area contributed by atoms with Crippen LogP contribution in [0.2, 0.25) is 0 Å². The lowest BCUT2D eigenvalue weighted by atomic mass is 9.95. The number of fused-ring (bicyclic) bond motifs is 1. The van der Waals surface area contributed by atoms with Gasteiger partial charge in [-0.05, 0) is 6.07 Å². The average molecular weight is 290 g/mol. The predicted molar refractivity (Wildman–Crippen MR) is 72.7 cm³/mol. The van der Waals surface area contributed by atoms with Crippen LogP contribution < -0.4 is 5.73 Å². The normalized spacial score (nSPS) is 32.4. The summed E-state index contributed by atoms with van der Waals surface area (Å²) in [7, 11) is 0. The topological polar surface area (TPSA) is 127 Å². The first-order valence-electron chi connectivity index (χ1n) is 6.24. The Morgan fingerprint density at radius 1 is 1.52 bits per heavy atom. The van der Waals surface area contributed by atoms with Crippen LogP contribution in [0.5, 0.6) is 0 Å². The highest BCUT2D eigenvalue weighted by Crippen LogP contribution is 2.39. The van der Waals surface area contributed by atoms with Crippen molar-refractivity contribution in [3.8, 4) is 12.3 Å². The second kappa shape index (κ2) is 4.68. The Morgan fingerprint density at radius 2 is 2.29 bits per heavy atom. The van der Waals surface area contributed by atoms with Crippen LogP contribution in [-0.4, -0.2) is 54.3 Å². The van der Waals surface area contributed by atoms with Gasteiger partial charge >= 0.3 is 0 Å². The van der Waals surface area contributed by atoms with Crippen LogP contribution in [0.4, 0.5) is 5.82 Å². The third kappa shape index (κ3) is 1.80. The Morgan fingerprint density at radius 3 is 2.95 bits per heavy atom. The summed E-state index contributed by atoms with van der Waals surface area (Å²) in [6, 6.07) is 1.66. The summed E-state index contributed by atoms with van der Waals surface area (Å²) in [6.07, 6.45) is 4.70. The number of anilines is 1. The molecule has 1 aliphatic rings. The summed E-state index contributed by atoms with van der Waals surface area (Å²) in [4.78, 5) is 7.96. The fraction of sp³-hybridized carbons (Fsp3) is 0.385. The van der Waals surface area contributed by atoms with Gasteiger partial charge in [0.15, 0.2) is 11.8 Å². The fourth-order valence-corrected chi connectivity index (χ4v) is 2.53. The number of ether oxygens (including phenoxy) is 1. The van der Waals surface area contributed by atoms with Gasteiger partial charge in [0.25, 0.3) is 0 Å². The number of aromatic nitrogens is 3. The van der Waals surface area contributed by atoms with Crippen molar-refractivity contribution >= 4 is 16.9 Å². The minimum absolute atomic E-state index is 0.278. The van der Waals surface area contributed by atoms with Crippen molar-refractivity contribution in [3.63, 3.8) is 0 Å². The van der Waals surface area contributed by atoms with Crippen molar-refractivity contribution in [1.82, 2.24) is 14.5 Å². The first-order valence-corrected chi connectivity index (χ1v) is 6.24. The Balaban J connectivity index is 2.14. The minimum atomic E-state index is -1.99. The summed E-state index contributed by atoms with van der Waals surface area (Å²) < 4.78 is 6.96. The summed E-state index contributed by atoms with van der Waals surface area (Å²) in [5.41, 5.74) is 4.17. The van der Waals surface area contributed by atoms with Crippen LogP contribution in [0.3, 0.4) is 0 Å². The third-order valence-electron chi connectivity index (χ3n) is 3.69. The van der Waals surface area contributed by atoms with E-state index >= 15 is 0 Å². The molecule has 0 radical (unpaired) electrons. The molecule has 0 saturated carbocycles. The largest absolute Gasteiger partial charge is 0.394 e. The van der Waals surface area contributed by atoms with Gasteiger partial charge in [0.2, 0.25) is 0 Å². The van der Waals surface area contributed by atoms with Crippen LogP contribution in [0, 0.1) is 12.3 Å². The van der Waals surface area contributed by atoms with E-state index < -0.39 is 30.6 Å². The van der Waals surface area contributed by atoms with Crippen molar-refractivity contribution in [1.29, 1.82) is 0 Å². The van der Waals surface area contributed by atoms with Gasteiger partial charge in [0.05, 0.1) is 12.0 Å². The number of hydrogen-bond acceptors (Lipinski definition) is 7. The highest BCUT2D eigenvalue weighted by molar-refractivity contribution is 5.86. The molecule has 21 heavy (non-hydrogen) atoms. The smallest absolute Gasteiger partial charge is 0.199 e. The Labute approximate surface area is 119 Å². The lowest BCUT2D eigenvalue weighted by Gasteiger charge is -2.26. The number of rotatable bonds is 2. The van der Waals surface area contributed by atoms with Gasteiger partial charge in [0, 0.05) is 6.20 Å². The van der Waals surface area contributed by atoms with Crippen LogP contribution >= 0.6 is 0 Å². The third-order valence-corrected chi connectivity index (χ3v) is 3.69. The maximum absolute atomic E-state index is 10.5. The lowest BCUT2D eigenvalue weighted by molar-refractivity contribution is -0.0718. The van der Waals surface area contributed by atoms with E-state index in [-0.39, 0.29) is 5.82 Å². The molecular weight excluding hydrogens is 276 g/mol. The molecule has 1 fully saturated rings. The summed E-state index contributed by atoms with van der Waals surface area (Å²) in [5, 5.41) is 30.4. The van der Waals surface area contributed by atoms with Gasteiger partial charge in [-0.25, -0.2) is 9.97 Å². The molecule has 0 spiro atoms. The van der Waals surface area contributed by atoms with Crippen LogP contribution in [0.25, 0.3) is 11.0 Å². The predicted octanol–water partition coefficient (Wildman–Crippen LogP) is -1.37. The Hall–Kier alpha value is -2.18. The molecule has 5 N–H and O–H groups in total. The highest BCUT2D eigenvalue weighted by Gasteiger charge is 2.55. The molecule has 2 aromatic heterocycles. The molecule has 1 saturated heterocycles. The lowest BCUT2D eigenvalue weighted by Crippen LogP contribution is -2.45. The van der Waals surface area contributed by atoms with Gasteiger partial charge in [-0.2, -0.15) is 0 Å². The zero-order valence-corrected chi connectivity index (χ0v) is 10.9. The van der Waals surface area contributed by atoms with Crippen molar-refractivity contribution in [2.24, 2.45) is 0 Å². The fourth-order valence-electron chi connectivity index (χ4n) is 2.53. The van der Waals surface area contributed by atoms with E-state index in [1.54, 1.807) is 12.3 Å². The van der Waals surface area contributed by atoms with Crippen LogP contribution in [0.15, 0.2) is 18.6 Å². The van der Waals surface area contributed by atoms with Crippen LogP contribution in [-0.2, 0) is 4.74 Å². The van der Waals surface area contributed by atoms with E-state index in [9.17, 15) is 15.3 Å². The maximum atomic E-state index is 10.5. The van der Waals surface area contributed by atoms with Gasteiger partial charge in [-0.15, -0.1) is 6.42 Å². The molecular formula is C13H14N4O4. The monoisotopic (exact) mass is 290 g/mol. The molecule has 1 aliphatic heterocycles. The quantitative estimate of drug-likeness (QED) is 0.502. The van der Waals surface area contributed by atoms with Crippen molar-refractivity contribution in [3.05, 3.63) is 18.6 Å². The molecule has 0 aliphatic carbocycles. The van der Waals surface area contributed by atoms with Crippen molar-refractivity contribution < 1.29 is 20.1 Å². The summed E-state index contributed by atoms with van der Waals surface area (Å²) >= 11 is 0. The second-order valence-corrected chi connectivity index (χ2v) is 4.84. The molecule has 110 valence electrons. The van der Waals surface area contributed by atoms with E-state index in [1.807, 2.05) is 0 Å². The summed E-state index contributed by atoms with van der Waals surface area (Å²) in [6.45, 7) is -0.474. The van der Waals surface area contributed by atoms with Gasteiger partial charge in [-0.1, -0.05) is 5.92 Å². The number of hydrogen-bond donors (Lipinski definition) is 4. The molecule has 8 heteroatoms. The number of nitrogens with two attached hydrogens (primary N) is 1. The van der Waals surface area contributed by atoms with Crippen LogP contribution in [0.1, 0.15) is 6.23 Å². The van der Waals surface area contributed by atoms with Crippen molar-refractivity contribution in [2.75, 3.05) is 12.3 Å². The van der Waals surface area contributed by atoms with E-state index in [0.717, 1.165) is 0 Å². The molecule has 3 rings (SSSR count). The van der Waals surface area contributed by atoms with E-state index in [0.29, 0.717) is 11.0 Å². The Bertz CT molecular complexity index is 725. The summed E-state index contributed by atoms with van der Waals surface area (Å²) in [5.74, 6) is 2.42. The average Bonchev–Trinajstić information content (AvgIpc) is 3.01. The number of nitrogen functional groups attached to an aromatic ring is 1. The molecule has 0 bridgehead atoms. The van der Waals surface area contributed by atoms with Gasteiger partial charge in [0.1, 0.15) is 30.0 Å². The molecule has 0 amide bonds. The first-order chi connectivity index (χ1) is 10.0. The molecule has 0 aromatic carbocycles. The van der Waals surface area contributed by atoms with E-state index in [1.165, 1.54) is 10.9 Å². The molecule has 8 nitrogen and oxygen atoms in total. The molecule has 4 atom stereocenters. The van der Waals surface area contributed by atoms with E-state index in [4.69, 9.17) is 16.9 Å². The van der Waals surface area contributed by atoms with Gasteiger partial charge in [-0.3, -0.25) is 0 Å². The highest BCUT2D eigenvalue weighted by atomic mass is 16.6. The molecule has 3 heterocycles. The SMILES string of the molecule is C#C[C@@]1(O)C(O)C(CO)OC1n1ccc2c(N)ncnc21. The number of aliphatic hydroxyl groups is 3. The standard InChI is InChI=1S/C13H14N4O4/c1-2-13(20)9(19)8(5-18)21-12(13)17-4-3-7-10(14)15-6-16-11(7)17/h1,3-4,6,8-9,12,18-20H,5H2,(H2,14,15,16)/t8?,9?,12?,13-/m1/s1. The van der Waals surface area contributed by atoms with E-state index in [2.05, 4.69) is 15.9 Å². The Kier molecular flexibility index (Phi) is 3.07. The zero-order valence-electron chi connectivity index (χ0n) is 10.9. The number of terminal acetylenes is 1. The zero-order chi connectivity index (χ0) is 15.2. The number of aliphatic hydroxyl groups excluding tert-OH is 2. The van der Waals surface area contributed by atoms with Crippen molar-refractivity contribution in [2.45, 2.75) is 24.0 Å².